The van der Waals surface area contributed by atoms with Crippen LogP contribution in [0.3, 0.4) is 0 Å². The molecule has 0 spiro atoms. The van der Waals surface area contributed by atoms with E-state index in [0.717, 1.165) is 0 Å². The number of phenols is 1. The van der Waals surface area contributed by atoms with Gasteiger partial charge in [-0.1, -0.05) is 0 Å². The van der Waals surface area contributed by atoms with Crippen LogP contribution in [0.5, 0.6) is 5.75 Å². The Kier molecular flexibility index (Phi) is 5.88. The summed E-state index contributed by atoms with van der Waals surface area (Å²) in [6, 6.07) is 3.63. The highest BCUT2D eigenvalue weighted by Gasteiger charge is 2.33. The van der Waals surface area contributed by atoms with Gasteiger partial charge >= 0.3 is 5.97 Å². The van der Waals surface area contributed by atoms with Crippen LogP contribution in [0.1, 0.15) is 27.1 Å². The van der Waals surface area contributed by atoms with E-state index in [1.54, 1.807) is 0 Å². The predicted molar refractivity (Wildman–Crippen MR) is 95.7 cm³/mol. The minimum atomic E-state index is -0.717. The van der Waals surface area contributed by atoms with Gasteiger partial charge < -0.3 is 19.9 Å². The summed E-state index contributed by atoms with van der Waals surface area (Å²) in [4.78, 5) is 39.0. The molecule has 2 aliphatic heterocycles. The molecule has 3 rings (SSSR count). The van der Waals surface area contributed by atoms with Crippen molar-refractivity contribution in [2.45, 2.75) is 12.5 Å². The monoisotopic (exact) mass is 374 g/mol. The van der Waals surface area contributed by atoms with Crippen LogP contribution in [0.25, 0.3) is 0 Å². The van der Waals surface area contributed by atoms with E-state index >= 15 is 0 Å². The molecule has 1 aromatic carbocycles. The number of hydrogen-bond acceptors (Lipinski definition) is 8. The number of esters is 1. The molecule has 1 atom stereocenters. The number of ketones is 2. The Balaban J connectivity index is 1.75. The molecule has 0 amide bonds. The summed E-state index contributed by atoms with van der Waals surface area (Å²) >= 11 is 0. The topological polar surface area (TPSA) is 105 Å². The van der Waals surface area contributed by atoms with Crippen LogP contribution in [-0.2, 0) is 14.3 Å². The molecule has 0 saturated carbocycles. The summed E-state index contributed by atoms with van der Waals surface area (Å²) in [6.07, 6.45) is 2.08. The van der Waals surface area contributed by atoms with E-state index < -0.39 is 12.0 Å². The van der Waals surface area contributed by atoms with Crippen molar-refractivity contribution in [3.05, 3.63) is 41.2 Å². The molecule has 2 heterocycles. The standard InChI is InChI=1S/C19H22N2O6/c1-26-19(25)14-8-12(2-3-16(14)22)17(23)10-21-6-5-20-9-15(21)18(24)13-4-7-27-11-13/h2-3,8,11,15,20,22H,4-7,9-10H2,1H3. The number of hydrogen-bond donors (Lipinski definition) is 2. The second kappa shape index (κ2) is 8.32. The minimum Gasteiger partial charge on any atom is -0.507 e. The number of methoxy groups -OCH3 is 1. The van der Waals surface area contributed by atoms with Gasteiger partial charge in [-0.25, -0.2) is 4.79 Å². The van der Waals surface area contributed by atoms with E-state index in [9.17, 15) is 19.5 Å². The van der Waals surface area contributed by atoms with Gasteiger partial charge in [0.1, 0.15) is 11.3 Å². The van der Waals surface area contributed by atoms with Crippen molar-refractivity contribution in [1.29, 1.82) is 0 Å². The van der Waals surface area contributed by atoms with Gasteiger partial charge in [-0.05, 0) is 18.2 Å². The van der Waals surface area contributed by atoms with E-state index in [2.05, 4.69) is 10.1 Å². The first-order valence-corrected chi connectivity index (χ1v) is 8.75. The first-order valence-electron chi connectivity index (χ1n) is 8.75. The highest BCUT2D eigenvalue weighted by molar-refractivity contribution is 6.03. The maximum Gasteiger partial charge on any atom is 0.341 e. The van der Waals surface area contributed by atoms with Gasteiger partial charge in [-0.15, -0.1) is 0 Å². The molecular formula is C19H22N2O6. The molecular weight excluding hydrogens is 352 g/mol. The Hall–Kier alpha value is -2.71. The van der Waals surface area contributed by atoms with Crippen molar-refractivity contribution in [1.82, 2.24) is 10.2 Å². The van der Waals surface area contributed by atoms with Gasteiger partial charge in [0.05, 0.1) is 32.6 Å². The Bertz CT molecular complexity index is 788. The SMILES string of the molecule is COC(=O)c1cc(C(=O)CN2CCNCC2C(=O)C2=COCC2)ccc1O. The van der Waals surface area contributed by atoms with Crippen LogP contribution in [0.2, 0.25) is 0 Å². The highest BCUT2D eigenvalue weighted by atomic mass is 16.5. The van der Waals surface area contributed by atoms with Crippen molar-refractivity contribution in [3.8, 4) is 5.75 Å². The number of nitrogens with zero attached hydrogens (tertiary/aromatic N) is 1. The highest BCUT2D eigenvalue weighted by Crippen LogP contribution is 2.21. The third kappa shape index (κ3) is 4.17. The van der Waals surface area contributed by atoms with Gasteiger partial charge in [-0.2, -0.15) is 0 Å². The summed E-state index contributed by atoms with van der Waals surface area (Å²) in [5, 5.41) is 13.0. The number of carbonyl (C=O) groups is 3. The zero-order valence-electron chi connectivity index (χ0n) is 15.1. The molecule has 1 aromatic rings. The van der Waals surface area contributed by atoms with Crippen LogP contribution < -0.4 is 5.32 Å². The molecule has 0 radical (unpaired) electrons. The maximum absolute atomic E-state index is 12.7. The van der Waals surface area contributed by atoms with E-state index in [0.29, 0.717) is 38.2 Å². The molecule has 1 fully saturated rings. The zero-order chi connectivity index (χ0) is 19.4. The number of Topliss-reactive ketones (excluding diaryl/α,β-unsaturated/α-hetero) is 2. The van der Waals surface area contributed by atoms with Gasteiger partial charge in [0.2, 0.25) is 0 Å². The molecule has 0 bridgehead atoms. The third-order valence-corrected chi connectivity index (χ3v) is 4.76. The Morgan fingerprint density at radius 3 is 2.89 bits per heavy atom. The quantitative estimate of drug-likeness (QED) is 0.548. The predicted octanol–water partition coefficient (Wildman–Crippen LogP) is 0.509. The number of aromatic hydroxyl groups is 1. The van der Waals surface area contributed by atoms with Gasteiger partial charge in [0.15, 0.2) is 11.6 Å². The third-order valence-electron chi connectivity index (χ3n) is 4.76. The van der Waals surface area contributed by atoms with Gasteiger partial charge in [0, 0.05) is 37.2 Å². The van der Waals surface area contributed by atoms with E-state index in [1.807, 2.05) is 4.90 Å². The second-order valence-corrected chi connectivity index (χ2v) is 6.47. The molecule has 0 aliphatic carbocycles. The van der Waals surface area contributed by atoms with Crippen LogP contribution in [-0.4, -0.2) is 73.5 Å². The number of nitrogens with one attached hydrogen (secondary N) is 1. The van der Waals surface area contributed by atoms with E-state index in [-0.39, 0.29) is 35.0 Å². The molecule has 1 unspecified atom stereocenters. The fraction of sp³-hybridized carbons (Fsp3) is 0.421. The van der Waals surface area contributed by atoms with Crippen LogP contribution in [0.15, 0.2) is 30.0 Å². The molecule has 1 saturated heterocycles. The molecule has 144 valence electrons. The second-order valence-electron chi connectivity index (χ2n) is 6.47. The average molecular weight is 374 g/mol. The summed E-state index contributed by atoms with van der Waals surface area (Å²) in [6.45, 7) is 2.24. The van der Waals surface area contributed by atoms with Crippen LogP contribution in [0.4, 0.5) is 0 Å². The number of rotatable bonds is 6. The number of phenolic OH excluding ortho intramolecular Hbond substituents is 1. The lowest BCUT2D eigenvalue weighted by molar-refractivity contribution is -0.121. The van der Waals surface area contributed by atoms with Crippen molar-refractivity contribution >= 4 is 17.5 Å². The summed E-state index contributed by atoms with van der Waals surface area (Å²) in [5.74, 6) is -1.24. The number of ether oxygens (including phenoxy) is 2. The first kappa shape index (κ1) is 19.1. The zero-order valence-corrected chi connectivity index (χ0v) is 15.1. The molecule has 8 nitrogen and oxygen atoms in total. The lowest BCUT2D eigenvalue weighted by atomic mass is 9.99. The smallest absolute Gasteiger partial charge is 0.341 e. The molecule has 27 heavy (non-hydrogen) atoms. The maximum atomic E-state index is 12.7. The Morgan fingerprint density at radius 1 is 1.37 bits per heavy atom. The van der Waals surface area contributed by atoms with Crippen LogP contribution >= 0.6 is 0 Å². The van der Waals surface area contributed by atoms with Gasteiger partial charge in [0.25, 0.3) is 0 Å². The van der Waals surface area contributed by atoms with E-state index in [4.69, 9.17) is 4.74 Å². The summed E-state index contributed by atoms with van der Waals surface area (Å²) in [5.41, 5.74) is 0.852. The Morgan fingerprint density at radius 2 is 2.19 bits per heavy atom. The fourth-order valence-corrected chi connectivity index (χ4v) is 3.24. The number of carbonyl (C=O) groups excluding carboxylic acids is 3. The van der Waals surface area contributed by atoms with Gasteiger partial charge in [-0.3, -0.25) is 14.5 Å². The van der Waals surface area contributed by atoms with Crippen molar-refractivity contribution in [2.75, 3.05) is 39.9 Å². The fourth-order valence-electron chi connectivity index (χ4n) is 3.24. The molecule has 0 aromatic heterocycles. The summed E-state index contributed by atoms with van der Waals surface area (Å²) in [7, 11) is 1.20. The molecule has 2 N–H and O–H groups in total. The van der Waals surface area contributed by atoms with Crippen LogP contribution in [0, 0.1) is 0 Å². The summed E-state index contributed by atoms with van der Waals surface area (Å²) < 4.78 is 9.77. The minimum absolute atomic E-state index is 0.0338. The normalized spacial score (nSPS) is 19.9. The average Bonchev–Trinajstić information content (AvgIpc) is 3.22. The Labute approximate surface area is 156 Å². The number of piperazine rings is 1. The van der Waals surface area contributed by atoms with Crippen molar-refractivity contribution in [3.63, 3.8) is 0 Å². The lowest BCUT2D eigenvalue weighted by Gasteiger charge is -2.34. The number of benzene rings is 1. The molecule has 8 heteroatoms. The molecule has 2 aliphatic rings. The van der Waals surface area contributed by atoms with Crippen molar-refractivity contribution in [2.24, 2.45) is 0 Å². The first-order chi connectivity index (χ1) is 13.0. The largest absolute Gasteiger partial charge is 0.507 e. The van der Waals surface area contributed by atoms with Crippen molar-refractivity contribution < 1.29 is 29.0 Å². The lowest BCUT2D eigenvalue weighted by Crippen LogP contribution is -2.56. The van der Waals surface area contributed by atoms with E-state index in [1.165, 1.54) is 31.6 Å².